The second-order valence-electron chi connectivity index (χ2n) is 7.55. The monoisotopic (exact) mass is 491 g/mol. The lowest BCUT2D eigenvalue weighted by atomic mass is 10.1. The summed E-state index contributed by atoms with van der Waals surface area (Å²) in [5.41, 5.74) is 2.61. The summed E-state index contributed by atoms with van der Waals surface area (Å²) in [6.07, 6.45) is 2.51. The Morgan fingerprint density at radius 3 is 2.38 bits per heavy atom. The minimum Gasteiger partial charge on any atom is -0.493 e. The third-order valence-electron chi connectivity index (χ3n) is 5.21. The predicted octanol–water partition coefficient (Wildman–Crippen LogP) is 6.26. The number of carbonyl (C=O) groups is 1. The number of amides is 1. The van der Waals surface area contributed by atoms with Crippen molar-refractivity contribution in [2.75, 3.05) is 25.2 Å². The molecule has 3 aromatic carbocycles. The maximum absolute atomic E-state index is 13.1. The Bertz CT molecular complexity index is 1210. The van der Waals surface area contributed by atoms with Gasteiger partial charge in [-0.05, 0) is 42.8 Å². The molecule has 0 N–H and O–H groups in total. The number of hydrogen-bond acceptors (Lipinski definition) is 6. The van der Waals surface area contributed by atoms with Gasteiger partial charge in [0.25, 0.3) is 5.91 Å². The number of ether oxygens (including phenoxy) is 3. The van der Waals surface area contributed by atoms with Gasteiger partial charge in [0.2, 0.25) is 0 Å². The molecule has 0 spiro atoms. The lowest BCUT2D eigenvalue weighted by Crippen LogP contribution is -2.27. The van der Waals surface area contributed by atoms with E-state index in [1.807, 2.05) is 85.8 Å². The molecule has 1 heterocycles. The van der Waals surface area contributed by atoms with Gasteiger partial charge in [-0.2, -0.15) is 0 Å². The maximum Gasteiger partial charge on any atom is 0.270 e. The van der Waals surface area contributed by atoms with Crippen LogP contribution in [0.4, 0.5) is 5.69 Å². The predicted molar refractivity (Wildman–Crippen MR) is 142 cm³/mol. The average molecular weight is 492 g/mol. The Labute approximate surface area is 209 Å². The first-order valence-electron chi connectivity index (χ1n) is 10.9. The summed E-state index contributed by atoms with van der Waals surface area (Å²) < 4.78 is 18.0. The summed E-state index contributed by atoms with van der Waals surface area (Å²) in [6, 6.07) is 22.9. The molecule has 0 aliphatic carbocycles. The SMILES string of the molecule is COc1cccc(/C=C2/SC(=S)N(c3ccccc3)C2=O)c1OCCCOc1ccccc1C. The van der Waals surface area contributed by atoms with E-state index in [4.69, 9.17) is 26.4 Å². The largest absolute Gasteiger partial charge is 0.493 e. The normalized spacial score (nSPS) is 14.5. The van der Waals surface area contributed by atoms with Crippen LogP contribution in [0.3, 0.4) is 0 Å². The first-order chi connectivity index (χ1) is 16.6. The Morgan fingerprint density at radius 1 is 0.912 bits per heavy atom. The zero-order valence-electron chi connectivity index (χ0n) is 19.0. The first kappa shape index (κ1) is 23.9. The van der Waals surface area contributed by atoms with Crippen molar-refractivity contribution in [1.29, 1.82) is 0 Å². The molecule has 0 unspecified atom stereocenters. The molecule has 0 saturated carbocycles. The average Bonchev–Trinajstić information content (AvgIpc) is 3.13. The van der Waals surface area contributed by atoms with Crippen molar-refractivity contribution in [3.05, 3.63) is 88.8 Å². The summed E-state index contributed by atoms with van der Waals surface area (Å²) in [5, 5.41) is 0. The van der Waals surface area contributed by atoms with Gasteiger partial charge in [-0.15, -0.1) is 0 Å². The van der Waals surface area contributed by atoms with Crippen LogP contribution in [0.1, 0.15) is 17.5 Å². The number of rotatable bonds is 9. The van der Waals surface area contributed by atoms with E-state index < -0.39 is 0 Å². The van der Waals surface area contributed by atoms with E-state index in [9.17, 15) is 4.79 Å². The smallest absolute Gasteiger partial charge is 0.270 e. The van der Waals surface area contributed by atoms with Crippen molar-refractivity contribution >= 4 is 46.0 Å². The Morgan fingerprint density at radius 2 is 1.62 bits per heavy atom. The molecule has 1 aliphatic heterocycles. The van der Waals surface area contributed by atoms with Crippen molar-refractivity contribution in [2.45, 2.75) is 13.3 Å². The van der Waals surface area contributed by atoms with Gasteiger partial charge >= 0.3 is 0 Å². The van der Waals surface area contributed by atoms with Crippen LogP contribution in [0.2, 0.25) is 0 Å². The number of benzene rings is 3. The van der Waals surface area contributed by atoms with Gasteiger partial charge in [0.15, 0.2) is 15.8 Å². The molecule has 1 aliphatic rings. The van der Waals surface area contributed by atoms with Gasteiger partial charge in [0.1, 0.15) is 5.75 Å². The fraction of sp³-hybridized carbons (Fsp3) is 0.185. The Hall–Kier alpha value is -3.29. The van der Waals surface area contributed by atoms with Crippen LogP contribution in [-0.4, -0.2) is 30.6 Å². The van der Waals surface area contributed by atoms with Crippen LogP contribution in [0.15, 0.2) is 77.7 Å². The van der Waals surface area contributed by atoms with Crippen LogP contribution in [0.25, 0.3) is 6.08 Å². The molecule has 1 amide bonds. The standard InChI is InChI=1S/C27H25NO4S2/c1-19-10-6-7-14-22(19)31-16-9-17-32-25-20(11-8-15-23(25)30-2)18-24-26(29)28(27(33)34-24)21-12-4-3-5-13-21/h3-8,10-15,18H,9,16-17H2,1-2H3/b24-18+. The topological polar surface area (TPSA) is 48.0 Å². The molecular weight excluding hydrogens is 466 g/mol. The van der Waals surface area contributed by atoms with Crippen molar-refractivity contribution < 1.29 is 19.0 Å². The quantitative estimate of drug-likeness (QED) is 0.200. The van der Waals surface area contributed by atoms with E-state index >= 15 is 0 Å². The molecule has 0 bridgehead atoms. The molecule has 3 aromatic rings. The molecule has 4 rings (SSSR count). The molecule has 0 aromatic heterocycles. The van der Waals surface area contributed by atoms with Gasteiger partial charge in [0.05, 0.1) is 30.9 Å². The second kappa shape index (κ2) is 11.2. The van der Waals surface area contributed by atoms with E-state index in [-0.39, 0.29) is 5.91 Å². The van der Waals surface area contributed by atoms with Crippen LogP contribution in [-0.2, 0) is 4.79 Å². The number of thioether (sulfide) groups is 1. The van der Waals surface area contributed by atoms with Gasteiger partial charge in [-0.1, -0.05) is 72.5 Å². The fourth-order valence-corrected chi connectivity index (χ4v) is 4.79. The van der Waals surface area contributed by atoms with Gasteiger partial charge in [-0.25, -0.2) is 0 Å². The third-order valence-corrected chi connectivity index (χ3v) is 6.51. The lowest BCUT2D eigenvalue weighted by Gasteiger charge is -2.15. The van der Waals surface area contributed by atoms with Crippen LogP contribution in [0.5, 0.6) is 17.2 Å². The minimum atomic E-state index is -0.151. The number of nitrogens with zero attached hydrogens (tertiary/aromatic N) is 1. The molecule has 0 atom stereocenters. The van der Waals surface area contributed by atoms with Crippen molar-refractivity contribution in [3.63, 3.8) is 0 Å². The van der Waals surface area contributed by atoms with Crippen molar-refractivity contribution in [2.24, 2.45) is 0 Å². The van der Waals surface area contributed by atoms with E-state index in [2.05, 4.69) is 0 Å². The van der Waals surface area contributed by atoms with Crippen LogP contribution >= 0.6 is 24.0 Å². The lowest BCUT2D eigenvalue weighted by molar-refractivity contribution is -0.113. The van der Waals surface area contributed by atoms with E-state index in [1.165, 1.54) is 11.8 Å². The molecule has 7 heteroatoms. The molecule has 0 radical (unpaired) electrons. The maximum atomic E-state index is 13.1. The molecule has 174 valence electrons. The molecular formula is C27H25NO4S2. The highest BCUT2D eigenvalue weighted by Crippen LogP contribution is 2.39. The number of thiocarbonyl (C=S) groups is 1. The molecule has 1 fully saturated rings. The third kappa shape index (κ3) is 5.43. The number of anilines is 1. The minimum absolute atomic E-state index is 0.151. The van der Waals surface area contributed by atoms with Crippen molar-refractivity contribution in [1.82, 2.24) is 0 Å². The fourth-order valence-electron chi connectivity index (χ4n) is 3.50. The van der Waals surface area contributed by atoms with Crippen LogP contribution < -0.4 is 19.1 Å². The number of para-hydroxylation sites is 3. The first-order valence-corrected chi connectivity index (χ1v) is 12.1. The second-order valence-corrected chi connectivity index (χ2v) is 9.22. The Balaban J connectivity index is 1.46. The highest BCUT2D eigenvalue weighted by Gasteiger charge is 2.33. The highest BCUT2D eigenvalue weighted by atomic mass is 32.2. The van der Waals surface area contributed by atoms with E-state index in [1.54, 1.807) is 12.0 Å². The number of methoxy groups -OCH3 is 1. The summed E-state index contributed by atoms with van der Waals surface area (Å²) in [7, 11) is 1.60. The number of carbonyl (C=O) groups excluding carboxylic acids is 1. The summed E-state index contributed by atoms with van der Waals surface area (Å²) in [6.45, 7) is 3.00. The zero-order valence-corrected chi connectivity index (χ0v) is 20.7. The molecule has 5 nitrogen and oxygen atoms in total. The summed E-state index contributed by atoms with van der Waals surface area (Å²) in [4.78, 5) is 15.2. The molecule has 34 heavy (non-hydrogen) atoms. The number of aryl methyl sites for hydroxylation is 1. The molecule has 1 saturated heterocycles. The van der Waals surface area contributed by atoms with Gasteiger partial charge in [0, 0.05) is 12.0 Å². The Kier molecular flexibility index (Phi) is 7.87. The van der Waals surface area contributed by atoms with Gasteiger partial charge in [-0.3, -0.25) is 9.69 Å². The summed E-state index contributed by atoms with van der Waals surface area (Å²) in [5.74, 6) is 1.92. The zero-order chi connectivity index (χ0) is 23.9. The van der Waals surface area contributed by atoms with E-state index in [0.29, 0.717) is 40.4 Å². The van der Waals surface area contributed by atoms with Crippen LogP contribution in [0, 0.1) is 6.92 Å². The van der Waals surface area contributed by atoms with Crippen molar-refractivity contribution in [3.8, 4) is 17.2 Å². The van der Waals surface area contributed by atoms with E-state index in [0.717, 1.165) is 22.6 Å². The number of hydrogen-bond donors (Lipinski definition) is 0. The highest BCUT2D eigenvalue weighted by molar-refractivity contribution is 8.27. The summed E-state index contributed by atoms with van der Waals surface area (Å²) >= 11 is 6.76. The van der Waals surface area contributed by atoms with Gasteiger partial charge < -0.3 is 14.2 Å².